The Morgan fingerprint density at radius 3 is 1.91 bits per heavy atom. The van der Waals surface area contributed by atoms with Gasteiger partial charge in [0.05, 0.1) is 11.1 Å². The minimum absolute atomic E-state index is 0.374. The highest BCUT2D eigenvalue weighted by atomic mass is 16.5. The van der Waals surface area contributed by atoms with Crippen LogP contribution >= 0.6 is 0 Å². The number of unbranched alkanes of at least 4 members (excludes halogenated alkanes) is 5. The molecule has 0 bridgehead atoms. The first-order valence-corrected chi connectivity index (χ1v) is 11.8. The largest absolute Gasteiger partial charge is 0.423 e. The van der Waals surface area contributed by atoms with Crippen molar-refractivity contribution in [2.24, 2.45) is 0 Å². The molecule has 172 valence electrons. The first-order valence-electron chi connectivity index (χ1n) is 11.8. The average Bonchev–Trinajstić information content (AvgIpc) is 2.83. The van der Waals surface area contributed by atoms with E-state index in [1.807, 2.05) is 43.3 Å². The van der Waals surface area contributed by atoms with Crippen molar-refractivity contribution < 1.29 is 19.1 Å². The molecule has 0 aromatic heterocycles. The molecule has 0 saturated heterocycles. The summed E-state index contributed by atoms with van der Waals surface area (Å²) >= 11 is 0. The molecule has 0 fully saturated rings. The summed E-state index contributed by atoms with van der Waals surface area (Å²) in [5, 5.41) is 0. The van der Waals surface area contributed by atoms with Gasteiger partial charge in [-0.2, -0.15) is 0 Å². The summed E-state index contributed by atoms with van der Waals surface area (Å²) < 4.78 is 10.9. The number of hydrogen-bond donors (Lipinski definition) is 0. The van der Waals surface area contributed by atoms with Gasteiger partial charge in [0.25, 0.3) is 0 Å². The van der Waals surface area contributed by atoms with Gasteiger partial charge < -0.3 is 9.47 Å². The molecule has 4 heteroatoms. The molecular weight excluding hydrogens is 412 g/mol. The molecule has 0 aliphatic carbocycles. The maximum Gasteiger partial charge on any atom is 0.343 e. The van der Waals surface area contributed by atoms with Crippen LogP contribution in [0.2, 0.25) is 0 Å². The molecule has 0 amide bonds. The van der Waals surface area contributed by atoms with Gasteiger partial charge in [-0.1, -0.05) is 69.4 Å². The summed E-state index contributed by atoms with van der Waals surface area (Å²) in [6.45, 7) is 4.09. The van der Waals surface area contributed by atoms with Crippen LogP contribution in [0.15, 0.2) is 72.8 Å². The zero-order valence-corrected chi connectivity index (χ0v) is 19.5. The summed E-state index contributed by atoms with van der Waals surface area (Å²) in [4.78, 5) is 24.8. The van der Waals surface area contributed by atoms with Crippen molar-refractivity contribution in [1.82, 2.24) is 0 Å². The van der Waals surface area contributed by atoms with E-state index in [1.165, 1.54) is 44.1 Å². The molecule has 0 heterocycles. The second kappa shape index (κ2) is 12.6. The molecule has 0 N–H and O–H groups in total. The van der Waals surface area contributed by atoms with E-state index in [-0.39, 0.29) is 0 Å². The normalized spacial score (nSPS) is 10.6. The van der Waals surface area contributed by atoms with Crippen LogP contribution in [0, 0.1) is 6.92 Å². The van der Waals surface area contributed by atoms with E-state index in [0.29, 0.717) is 22.6 Å². The summed E-state index contributed by atoms with van der Waals surface area (Å²) in [7, 11) is 0. The van der Waals surface area contributed by atoms with Crippen LogP contribution in [-0.4, -0.2) is 11.9 Å². The van der Waals surface area contributed by atoms with Gasteiger partial charge in [0.2, 0.25) is 0 Å². The van der Waals surface area contributed by atoms with Gasteiger partial charge in [0, 0.05) is 0 Å². The van der Waals surface area contributed by atoms with Crippen LogP contribution in [0.25, 0.3) is 0 Å². The van der Waals surface area contributed by atoms with Crippen molar-refractivity contribution in [1.29, 1.82) is 0 Å². The molecule has 0 radical (unpaired) electrons. The fourth-order valence-electron chi connectivity index (χ4n) is 3.62. The third kappa shape index (κ3) is 7.60. The Hall–Kier alpha value is -3.40. The van der Waals surface area contributed by atoms with Gasteiger partial charge >= 0.3 is 11.9 Å². The highest BCUT2D eigenvalue weighted by molar-refractivity contribution is 5.93. The third-order valence-electron chi connectivity index (χ3n) is 5.62. The number of carbonyl (C=O) groups excluding carboxylic acids is 2. The summed E-state index contributed by atoms with van der Waals surface area (Å²) in [6, 6.07) is 21.3. The molecule has 3 aromatic carbocycles. The van der Waals surface area contributed by atoms with Crippen molar-refractivity contribution in [3.63, 3.8) is 0 Å². The van der Waals surface area contributed by atoms with Crippen LogP contribution in [0.5, 0.6) is 11.5 Å². The molecule has 0 saturated carbocycles. The lowest BCUT2D eigenvalue weighted by atomic mass is 10.0. The maximum absolute atomic E-state index is 12.5. The Morgan fingerprint density at radius 2 is 1.24 bits per heavy atom. The predicted molar refractivity (Wildman–Crippen MR) is 131 cm³/mol. The molecule has 33 heavy (non-hydrogen) atoms. The van der Waals surface area contributed by atoms with E-state index in [4.69, 9.17) is 9.47 Å². The van der Waals surface area contributed by atoms with E-state index < -0.39 is 11.9 Å². The van der Waals surface area contributed by atoms with E-state index in [2.05, 4.69) is 6.92 Å². The highest BCUT2D eigenvalue weighted by Gasteiger charge is 2.13. The first-order chi connectivity index (χ1) is 16.1. The Balaban J connectivity index is 1.48. The van der Waals surface area contributed by atoms with Crippen LogP contribution in [0.3, 0.4) is 0 Å². The third-order valence-corrected chi connectivity index (χ3v) is 5.62. The monoisotopic (exact) mass is 444 g/mol. The Labute approximate surface area is 196 Å². The Kier molecular flexibility index (Phi) is 9.25. The van der Waals surface area contributed by atoms with Crippen LogP contribution in [0.4, 0.5) is 0 Å². The van der Waals surface area contributed by atoms with Crippen molar-refractivity contribution >= 4 is 11.9 Å². The zero-order chi connectivity index (χ0) is 23.5. The molecule has 0 aliphatic rings. The minimum atomic E-state index is -0.449. The van der Waals surface area contributed by atoms with Gasteiger partial charge in [0.1, 0.15) is 11.5 Å². The lowest BCUT2D eigenvalue weighted by molar-refractivity contribution is 0.0730. The molecule has 3 rings (SSSR count). The van der Waals surface area contributed by atoms with Crippen LogP contribution in [0.1, 0.15) is 77.3 Å². The second-order valence-electron chi connectivity index (χ2n) is 8.28. The Bertz CT molecular complexity index is 1040. The van der Waals surface area contributed by atoms with Crippen molar-refractivity contribution in [3.05, 3.63) is 95.1 Å². The minimum Gasteiger partial charge on any atom is -0.423 e. The fraction of sp³-hybridized carbons (Fsp3) is 0.310. The lowest BCUT2D eigenvalue weighted by Crippen LogP contribution is -2.11. The van der Waals surface area contributed by atoms with Gasteiger partial charge in [-0.15, -0.1) is 0 Å². The van der Waals surface area contributed by atoms with Gasteiger partial charge in [-0.05, 0) is 73.4 Å². The van der Waals surface area contributed by atoms with Crippen LogP contribution in [-0.2, 0) is 6.42 Å². The van der Waals surface area contributed by atoms with Crippen molar-refractivity contribution in [3.8, 4) is 11.5 Å². The fourth-order valence-corrected chi connectivity index (χ4v) is 3.62. The van der Waals surface area contributed by atoms with Gasteiger partial charge in [0.15, 0.2) is 0 Å². The zero-order valence-electron chi connectivity index (χ0n) is 19.5. The standard InChI is InChI=1S/C29H32O4/c1-3-4-5-6-7-8-12-23-14-18-25(19-15-23)32-28(30)24-16-20-26(21-17-24)33-29(31)27-13-10-9-11-22(27)2/h9-11,13-21H,3-8,12H2,1-2H3. The second-order valence-corrected chi connectivity index (χ2v) is 8.28. The van der Waals surface area contributed by atoms with Crippen molar-refractivity contribution in [2.45, 2.75) is 58.8 Å². The summed E-state index contributed by atoms with van der Waals surface area (Å²) in [6.07, 6.45) is 8.70. The van der Waals surface area contributed by atoms with Gasteiger partial charge in [-0.3, -0.25) is 0 Å². The van der Waals surface area contributed by atoms with Crippen molar-refractivity contribution in [2.75, 3.05) is 0 Å². The molecule has 0 unspecified atom stereocenters. The smallest absolute Gasteiger partial charge is 0.343 e. The SMILES string of the molecule is CCCCCCCCc1ccc(OC(=O)c2ccc(OC(=O)c3ccccc3C)cc2)cc1. The molecule has 0 atom stereocenters. The average molecular weight is 445 g/mol. The number of ether oxygens (including phenoxy) is 2. The number of rotatable bonds is 11. The van der Waals surface area contributed by atoms with E-state index >= 15 is 0 Å². The van der Waals surface area contributed by atoms with Crippen LogP contribution < -0.4 is 9.47 Å². The first kappa shape index (κ1) is 24.2. The Morgan fingerprint density at radius 1 is 0.667 bits per heavy atom. The number of carbonyl (C=O) groups is 2. The summed E-state index contributed by atoms with van der Waals surface area (Å²) in [5.74, 6) is 0.0144. The van der Waals surface area contributed by atoms with E-state index in [9.17, 15) is 9.59 Å². The predicted octanol–water partition coefficient (Wildman–Crippen LogP) is 7.34. The topological polar surface area (TPSA) is 52.6 Å². The highest BCUT2D eigenvalue weighted by Crippen LogP contribution is 2.19. The molecule has 0 aliphatic heterocycles. The number of benzene rings is 3. The lowest BCUT2D eigenvalue weighted by Gasteiger charge is -2.08. The number of esters is 2. The van der Waals surface area contributed by atoms with E-state index in [1.54, 1.807) is 36.4 Å². The van der Waals surface area contributed by atoms with Gasteiger partial charge in [-0.25, -0.2) is 9.59 Å². The molecule has 3 aromatic rings. The summed E-state index contributed by atoms with van der Waals surface area (Å²) in [5.41, 5.74) is 3.01. The molecular formula is C29H32O4. The number of aryl methyl sites for hydroxylation is 2. The van der Waals surface area contributed by atoms with E-state index in [0.717, 1.165) is 12.0 Å². The molecule has 0 spiro atoms. The number of hydrogen-bond acceptors (Lipinski definition) is 4. The molecule has 4 nitrogen and oxygen atoms in total. The quantitative estimate of drug-likeness (QED) is 0.176. The maximum atomic E-state index is 12.5.